The van der Waals surface area contributed by atoms with Crippen LogP contribution in [0.2, 0.25) is 0 Å². The van der Waals surface area contributed by atoms with Crippen molar-refractivity contribution in [3.05, 3.63) is 29.8 Å². The minimum atomic E-state index is -1.76. The first-order chi connectivity index (χ1) is 33.9. The van der Waals surface area contributed by atoms with E-state index in [4.69, 9.17) is 22.9 Å². The molecule has 2 fully saturated rings. The number of rotatable bonds is 29. The second-order valence-electron chi connectivity index (χ2n) is 18.5. The fraction of sp³-hybridized carbons (Fsp3) is 0.630. The van der Waals surface area contributed by atoms with Crippen LogP contribution in [0.15, 0.2) is 24.3 Å². The van der Waals surface area contributed by atoms with Gasteiger partial charge in [0.25, 0.3) is 0 Å². The van der Waals surface area contributed by atoms with Crippen LogP contribution in [0.5, 0.6) is 5.75 Å². The number of carbonyl (C=O) groups excluding carboxylic acids is 10. The van der Waals surface area contributed by atoms with Crippen molar-refractivity contribution in [2.75, 3.05) is 26.2 Å². The SMILES string of the molecule is CC(C)C[C@H](NC(=O)CNC(=O)[C@@H](N)Cc1ccc(O)cc1)C(=O)N[C@H](C(=O)N[C@@H](CC(N)=O)C(=O)N1CCC[C@H]1C(=O)N[C@@H](CCCCN)C(=O)N1CCC[C@H]1C(=O)N[C@@H](CCC(N)=O)C(=O)O)[C@@H](C)O. The van der Waals surface area contributed by atoms with Gasteiger partial charge in [-0.2, -0.15) is 0 Å². The summed E-state index contributed by atoms with van der Waals surface area (Å²) >= 11 is 0. The molecular formula is C46H72N12O14. The van der Waals surface area contributed by atoms with Gasteiger partial charge < -0.3 is 80.0 Å². The van der Waals surface area contributed by atoms with Crippen LogP contribution in [0.25, 0.3) is 0 Å². The first-order valence-corrected chi connectivity index (χ1v) is 24.0. The first-order valence-electron chi connectivity index (χ1n) is 24.0. The van der Waals surface area contributed by atoms with Gasteiger partial charge in [0, 0.05) is 19.5 Å². The van der Waals surface area contributed by atoms with Crippen molar-refractivity contribution in [2.24, 2.45) is 28.9 Å². The monoisotopic (exact) mass is 1020 g/mol. The van der Waals surface area contributed by atoms with Crippen molar-refractivity contribution in [3.8, 4) is 5.75 Å². The summed E-state index contributed by atoms with van der Waals surface area (Å²) in [6, 6.07) is -4.78. The second kappa shape index (κ2) is 28.8. The van der Waals surface area contributed by atoms with Crippen LogP contribution < -0.4 is 54.8 Å². The fourth-order valence-corrected chi connectivity index (χ4v) is 8.38. The first kappa shape index (κ1) is 59.4. The minimum Gasteiger partial charge on any atom is -0.508 e. The van der Waals surface area contributed by atoms with Crippen LogP contribution in [-0.4, -0.2) is 171 Å². The number of phenols is 1. The average molecular weight is 1020 g/mol. The largest absolute Gasteiger partial charge is 0.508 e. The number of nitrogens with one attached hydrogen (secondary N) is 6. The van der Waals surface area contributed by atoms with E-state index in [0.29, 0.717) is 24.8 Å². The van der Waals surface area contributed by atoms with Gasteiger partial charge in [-0.1, -0.05) is 26.0 Å². The number of aliphatic hydroxyl groups excluding tert-OH is 1. The summed E-state index contributed by atoms with van der Waals surface area (Å²) in [5, 5.41) is 44.6. The lowest BCUT2D eigenvalue weighted by molar-refractivity contribution is -0.146. The number of aromatic hydroxyl groups is 1. The number of unbranched alkanes of at least 4 members (excludes halogenated alkanes) is 1. The molecule has 26 heteroatoms. The molecule has 17 N–H and O–H groups in total. The lowest BCUT2D eigenvalue weighted by Gasteiger charge is -2.32. The molecule has 0 unspecified atom stereocenters. The molecule has 1 aromatic carbocycles. The maximum absolute atomic E-state index is 14.2. The van der Waals surface area contributed by atoms with Crippen LogP contribution in [0.4, 0.5) is 0 Å². The van der Waals surface area contributed by atoms with Crippen molar-refractivity contribution in [2.45, 2.75) is 152 Å². The molecule has 0 bridgehead atoms. The summed E-state index contributed by atoms with van der Waals surface area (Å²) in [6.45, 7) is 4.44. The number of primary amides is 2. The van der Waals surface area contributed by atoms with Crippen LogP contribution in [0.1, 0.15) is 97.0 Å². The van der Waals surface area contributed by atoms with Crippen LogP contribution >= 0.6 is 0 Å². The number of nitrogens with zero attached hydrogens (tertiary/aromatic N) is 2. The molecule has 0 aromatic heterocycles. The van der Waals surface area contributed by atoms with Crippen molar-refractivity contribution in [3.63, 3.8) is 0 Å². The number of carboxylic acid groups (broad SMARTS) is 1. The van der Waals surface area contributed by atoms with E-state index in [9.17, 15) is 68.1 Å². The molecule has 1 aromatic rings. The number of hydrogen-bond donors (Lipinski definition) is 13. The molecule has 400 valence electrons. The second-order valence-corrected chi connectivity index (χ2v) is 18.5. The van der Waals surface area contributed by atoms with Gasteiger partial charge in [0.05, 0.1) is 25.1 Å². The predicted octanol–water partition coefficient (Wildman–Crippen LogP) is -4.43. The quantitative estimate of drug-likeness (QED) is 0.0337. The zero-order chi connectivity index (χ0) is 53.8. The maximum Gasteiger partial charge on any atom is 0.326 e. The lowest BCUT2D eigenvalue weighted by Crippen LogP contribution is -2.61. The van der Waals surface area contributed by atoms with E-state index >= 15 is 0 Å². The summed E-state index contributed by atoms with van der Waals surface area (Å²) in [4.78, 5) is 147. The Labute approximate surface area is 416 Å². The van der Waals surface area contributed by atoms with E-state index in [1.807, 2.05) is 0 Å². The third-order valence-electron chi connectivity index (χ3n) is 12.1. The number of nitrogens with two attached hydrogens (primary N) is 4. The molecule has 2 saturated heterocycles. The smallest absolute Gasteiger partial charge is 0.326 e. The standard InChI is InChI=1S/C46H72N12O14/c1-24(2)20-31(52-37(63)23-51-39(64)28(48)21-26-11-13-27(60)14-12-26)40(65)56-38(25(3)59)43(68)55-32(22-36(50)62)45(70)58-19-7-9-33(58)41(66)53-29(8-4-5-17-47)44(69)57-18-6-10-34(57)42(67)54-30(46(71)72)15-16-35(49)61/h11-14,24-25,28-34,38,59-60H,4-10,15-23,47-48H2,1-3H3,(H2,49,61)(H2,50,62)(H,51,64)(H,52,63)(H,53,66)(H,54,67)(H,55,68)(H,56,65)(H,71,72)/t25-,28+,29+,30+,31+,32+,33+,34+,38+/m1/s1. The summed E-state index contributed by atoms with van der Waals surface area (Å²) in [6.07, 6.45) is -0.975. The zero-order valence-corrected chi connectivity index (χ0v) is 40.9. The highest BCUT2D eigenvalue weighted by molar-refractivity contribution is 5.99. The molecule has 0 aliphatic carbocycles. The molecule has 2 heterocycles. The van der Waals surface area contributed by atoms with E-state index in [1.54, 1.807) is 26.0 Å². The van der Waals surface area contributed by atoms with Gasteiger partial charge in [-0.25, -0.2) is 4.79 Å². The maximum atomic E-state index is 14.2. The highest BCUT2D eigenvalue weighted by Crippen LogP contribution is 2.23. The summed E-state index contributed by atoms with van der Waals surface area (Å²) in [7, 11) is 0. The Morgan fingerprint density at radius 3 is 1.78 bits per heavy atom. The third kappa shape index (κ3) is 18.7. The van der Waals surface area contributed by atoms with Crippen molar-refractivity contribution in [1.29, 1.82) is 0 Å². The molecular weight excluding hydrogens is 945 g/mol. The molecule has 0 radical (unpaired) electrons. The molecule has 2 aliphatic rings. The summed E-state index contributed by atoms with van der Waals surface area (Å²) in [5.74, 6) is -9.96. The van der Waals surface area contributed by atoms with Crippen molar-refractivity contribution >= 4 is 65.0 Å². The van der Waals surface area contributed by atoms with Gasteiger partial charge in [0.2, 0.25) is 59.1 Å². The zero-order valence-electron chi connectivity index (χ0n) is 40.9. The number of likely N-dealkylation sites (tertiary alicyclic amines) is 2. The van der Waals surface area contributed by atoms with Crippen LogP contribution in [0.3, 0.4) is 0 Å². The van der Waals surface area contributed by atoms with E-state index < -0.39 is 132 Å². The van der Waals surface area contributed by atoms with Gasteiger partial charge in [0.1, 0.15) is 48.0 Å². The number of aliphatic carboxylic acids is 1. The number of carboxylic acids is 1. The van der Waals surface area contributed by atoms with E-state index in [1.165, 1.54) is 24.0 Å². The topological polar surface area (TPSA) is 431 Å². The molecule has 0 spiro atoms. The Kier molecular flexibility index (Phi) is 23.8. The van der Waals surface area contributed by atoms with Crippen molar-refractivity contribution in [1.82, 2.24) is 41.7 Å². The van der Waals surface area contributed by atoms with Gasteiger partial charge in [-0.05, 0) is 101 Å². The van der Waals surface area contributed by atoms with Gasteiger partial charge in [-0.3, -0.25) is 47.9 Å². The average Bonchev–Trinajstić information content (AvgIpc) is 4.02. The van der Waals surface area contributed by atoms with E-state index in [2.05, 4.69) is 31.9 Å². The molecule has 72 heavy (non-hydrogen) atoms. The Bertz CT molecular complexity index is 2110. The highest BCUT2D eigenvalue weighted by atomic mass is 16.4. The van der Waals surface area contributed by atoms with Gasteiger partial charge in [0.15, 0.2) is 0 Å². The van der Waals surface area contributed by atoms with Crippen LogP contribution in [-0.2, 0) is 59.2 Å². The Morgan fingerprint density at radius 2 is 1.26 bits per heavy atom. The Morgan fingerprint density at radius 1 is 0.694 bits per heavy atom. The molecule has 26 nitrogen and oxygen atoms in total. The highest BCUT2D eigenvalue weighted by Gasteiger charge is 2.43. The molecule has 10 amide bonds. The number of phenolic OH excluding ortho intramolecular Hbond substituents is 1. The molecule has 3 rings (SSSR count). The number of carbonyl (C=O) groups is 11. The normalized spacial score (nSPS) is 18.3. The number of aliphatic hydroxyl groups is 1. The third-order valence-corrected chi connectivity index (χ3v) is 12.1. The summed E-state index contributed by atoms with van der Waals surface area (Å²) < 4.78 is 0. The lowest BCUT2D eigenvalue weighted by atomic mass is 10.0. The van der Waals surface area contributed by atoms with Crippen LogP contribution in [0, 0.1) is 5.92 Å². The Hall–Kier alpha value is -6.93. The number of hydrogen-bond acceptors (Lipinski definition) is 15. The minimum absolute atomic E-state index is 0.0271. The summed E-state index contributed by atoms with van der Waals surface area (Å²) in [5.41, 5.74) is 23.0. The van der Waals surface area contributed by atoms with Gasteiger partial charge in [-0.15, -0.1) is 0 Å². The van der Waals surface area contributed by atoms with E-state index in [0.717, 1.165) is 4.90 Å². The fourth-order valence-electron chi connectivity index (χ4n) is 8.38. The molecule has 0 saturated carbocycles. The molecule has 9 atom stereocenters. The number of amides is 10. The molecule has 2 aliphatic heterocycles. The number of benzene rings is 1. The predicted molar refractivity (Wildman–Crippen MR) is 256 cm³/mol. The van der Waals surface area contributed by atoms with Gasteiger partial charge >= 0.3 is 5.97 Å². The Balaban J connectivity index is 1.73. The van der Waals surface area contributed by atoms with Crippen molar-refractivity contribution < 1.29 is 68.1 Å². The van der Waals surface area contributed by atoms with E-state index in [-0.39, 0.29) is 82.7 Å².